The molecule has 0 unspecified atom stereocenters. The smallest absolute Gasteiger partial charge is 0.311 e. The van der Waals surface area contributed by atoms with E-state index in [-0.39, 0.29) is 43.9 Å². The van der Waals surface area contributed by atoms with Crippen LogP contribution in [0.2, 0.25) is 0 Å². The van der Waals surface area contributed by atoms with Gasteiger partial charge in [0.05, 0.1) is 0 Å². The Morgan fingerprint density at radius 3 is 1.11 bits per heavy atom. The normalized spacial score (nSPS) is 8.67. The predicted octanol–water partition coefficient (Wildman–Crippen LogP) is -5.58. The minimum absolute atomic E-state index is 0. The minimum Gasteiger partial charge on any atom is -0.311 e. The molecule has 0 aliphatic heterocycles. The first kappa shape index (κ1) is 16.9. The molecule has 0 aromatic carbocycles. The maximum Gasteiger partial charge on any atom is 0.424 e. The van der Waals surface area contributed by atoms with Crippen molar-refractivity contribution in [3.05, 3.63) is 0 Å². The van der Waals surface area contributed by atoms with Crippen molar-refractivity contribution in [2.45, 2.75) is 0 Å². The van der Waals surface area contributed by atoms with Crippen LogP contribution < -0.4 is 24.8 Å². The minimum atomic E-state index is -2.68. The van der Waals surface area contributed by atoms with Gasteiger partial charge in [-0.3, -0.25) is 0 Å². The van der Waals surface area contributed by atoms with Crippen molar-refractivity contribution in [3.8, 4) is 0 Å². The van der Waals surface area contributed by atoms with E-state index >= 15 is 0 Å². The van der Waals surface area contributed by atoms with Crippen LogP contribution in [-0.2, 0) is 3.84 Å². The third-order valence-corrected chi connectivity index (χ3v) is 0.857. The molecule has 0 saturated carbocycles. The van der Waals surface area contributed by atoms with Gasteiger partial charge in [0, 0.05) is 0 Å². The van der Waals surface area contributed by atoms with Gasteiger partial charge in [0.15, 0.2) is 0 Å². The van der Waals surface area contributed by atoms with Gasteiger partial charge in [-0.2, -0.15) is 0 Å². The molecule has 9 heavy (non-hydrogen) atoms. The molecule has 0 radical (unpaired) electrons. The van der Waals surface area contributed by atoms with Gasteiger partial charge in [-0.15, -0.1) is 0 Å². The standard InChI is InChI=1S/Ca.Cl2O5.H3N.2H/c;3-1(4)7-2(5)6;;;/h;;1H3;;. The molecule has 0 rings (SSSR count). The van der Waals surface area contributed by atoms with E-state index in [0.29, 0.717) is 0 Å². The summed E-state index contributed by atoms with van der Waals surface area (Å²) in [6.45, 7) is 0. The van der Waals surface area contributed by atoms with Crippen molar-refractivity contribution in [2.75, 3.05) is 0 Å². The molecule has 0 aliphatic rings. The molecule has 0 spiro atoms. The largest absolute Gasteiger partial charge is 0.424 e. The van der Waals surface area contributed by atoms with Gasteiger partial charge in [0.25, 0.3) is 0 Å². The molecule has 0 heterocycles. The summed E-state index contributed by atoms with van der Waals surface area (Å²) in [7, 11) is -5.36. The molecule has 0 atom stereocenters. The molecule has 0 bridgehead atoms. The fourth-order valence-corrected chi connectivity index (χ4v) is 0.350. The maximum atomic E-state index is 9.15. The van der Waals surface area contributed by atoms with Gasteiger partial charge in [0.2, 0.25) is 0 Å². The Bertz CT molecular complexity index is 44.2. The van der Waals surface area contributed by atoms with E-state index in [0.717, 1.165) is 0 Å². The van der Waals surface area contributed by atoms with Crippen LogP contribution in [0.15, 0.2) is 0 Å². The maximum absolute atomic E-state index is 9.15. The van der Waals surface area contributed by atoms with Crippen LogP contribution >= 0.6 is 0 Å². The fraction of sp³-hybridized carbons (Fsp3) is 0. The monoisotopic (exact) mass is 209 g/mol. The topological polar surface area (TPSA) is 136 Å². The van der Waals surface area contributed by atoms with Gasteiger partial charge < -0.3 is 24.8 Å². The van der Waals surface area contributed by atoms with Gasteiger partial charge in [-0.1, -0.05) is 0 Å². The van der Waals surface area contributed by atoms with Crippen molar-refractivity contribution < 1.29 is 44.0 Å². The van der Waals surface area contributed by atoms with Gasteiger partial charge in [0.1, 0.15) is 0 Å². The third kappa shape index (κ3) is 17.7. The molecule has 0 aromatic rings. The molecule has 0 amide bonds. The van der Waals surface area contributed by atoms with Crippen LogP contribution in [0.25, 0.3) is 0 Å². The van der Waals surface area contributed by atoms with Crippen LogP contribution in [0.1, 0.15) is 0 Å². The van der Waals surface area contributed by atoms with Crippen LogP contribution in [-0.4, -0.2) is 37.7 Å². The van der Waals surface area contributed by atoms with Crippen LogP contribution in [0.5, 0.6) is 0 Å². The number of hydrogen-bond donors (Lipinski definition) is 1. The summed E-state index contributed by atoms with van der Waals surface area (Å²) >= 11 is 0. The Balaban J connectivity index is -0.000000180. The van der Waals surface area contributed by atoms with Crippen LogP contribution in [0.4, 0.5) is 0 Å². The molecule has 6 nitrogen and oxygen atoms in total. The van der Waals surface area contributed by atoms with E-state index in [2.05, 4.69) is 3.84 Å². The van der Waals surface area contributed by atoms with Gasteiger partial charge >= 0.3 is 63.1 Å². The summed E-state index contributed by atoms with van der Waals surface area (Å²) in [5.41, 5.74) is 0. The van der Waals surface area contributed by atoms with Crippen molar-refractivity contribution in [1.29, 1.82) is 0 Å². The first-order valence-corrected chi connectivity index (χ1v) is 2.78. The second-order valence-electron chi connectivity index (χ2n) is 0.436. The molecule has 9 heteroatoms. The zero-order valence-electron chi connectivity index (χ0n) is 3.50. The van der Waals surface area contributed by atoms with E-state index in [1.807, 2.05) is 0 Å². The average molecular weight is 210 g/mol. The zero-order valence-corrected chi connectivity index (χ0v) is 5.02. The Kier molecular flexibility index (Phi) is 18.0. The molecular weight excluding hydrogens is 205 g/mol. The van der Waals surface area contributed by atoms with Crippen LogP contribution in [0, 0.1) is 21.6 Å². The summed E-state index contributed by atoms with van der Waals surface area (Å²) < 4.78 is 39.6. The van der Waals surface area contributed by atoms with E-state index in [1.165, 1.54) is 0 Å². The quantitative estimate of drug-likeness (QED) is 0.451. The van der Waals surface area contributed by atoms with E-state index in [4.69, 9.17) is 18.6 Å². The number of rotatable bonds is 2. The first-order valence-electron chi connectivity index (χ1n) is 0.926. The number of hydrogen-bond acceptors (Lipinski definition) is 6. The Morgan fingerprint density at radius 1 is 0.889 bits per heavy atom. The summed E-state index contributed by atoms with van der Waals surface area (Å²) in [4.78, 5) is 0. The van der Waals surface area contributed by atoms with Crippen molar-refractivity contribution in [1.82, 2.24) is 6.15 Å². The summed E-state index contributed by atoms with van der Waals surface area (Å²) in [5.74, 6) is 0. The number of halogens is 2. The fourth-order valence-electron chi connectivity index (χ4n) is 0.0389. The average Bonchev–Trinajstić information content (AvgIpc) is 1.27. The zero-order chi connectivity index (χ0) is 5.86. The van der Waals surface area contributed by atoms with Crippen molar-refractivity contribution >= 4 is 37.7 Å². The van der Waals surface area contributed by atoms with Crippen molar-refractivity contribution in [2.24, 2.45) is 0 Å². The molecule has 0 fully saturated rings. The summed E-state index contributed by atoms with van der Waals surface area (Å²) in [6, 6.07) is 0. The first-order chi connectivity index (χ1) is 3.13. The molecule has 3 N–H and O–H groups in total. The SMILES string of the molecule is N.[CaH2].[O-][Cl+2]([O-])O[Cl+2]([O-])[O-]. The summed E-state index contributed by atoms with van der Waals surface area (Å²) in [6.07, 6.45) is 0. The molecular formula is H5CaCl2NO5. The second-order valence-corrected chi connectivity index (χ2v) is 1.66. The Labute approximate surface area is 87.2 Å². The van der Waals surface area contributed by atoms with E-state index in [9.17, 15) is 0 Å². The predicted molar refractivity (Wildman–Crippen MR) is 14.7 cm³/mol. The molecule has 56 valence electrons. The summed E-state index contributed by atoms with van der Waals surface area (Å²) in [5, 5.41) is 0. The van der Waals surface area contributed by atoms with Gasteiger partial charge in [-0.25, -0.2) is 0 Å². The van der Waals surface area contributed by atoms with Crippen molar-refractivity contribution in [3.63, 3.8) is 0 Å². The Morgan fingerprint density at radius 2 is 1.11 bits per heavy atom. The molecule has 0 aliphatic carbocycles. The molecule has 0 aromatic heterocycles. The second kappa shape index (κ2) is 9.60. The van der Waals surface area contributed by atoms with E-state index in [1.54, 1.807) is 0 Å². The molecule has 0 saturated heterocycles. The van der Waals surface area contributed by atoms with E-state index < -0.39 is 21.6 Å². The third-order valence-electron chi connectivity index (χ3n) is 0.0952. The van der Waals surface area contributed by atoms with Gasteiger partial charge in [-0.05, 0) is 0 Å². The Hall–Kier alpha value is 1.60. The van der Waals surface area contributed by atoms with Crippen LogP contribution in [0.3, 0.4) is 0 Å².